The highest BCUT2D eigenvalue weighted by Gasteiger charge is 2.07. The van der Waals surface area contributed by atoms with Crippen LogP contribution in [0.15, 0.2) is 34.9 Å². The second-order valence-electron chi connectivity index (χ2n) is 4.16. The lowest BCUT2D eigenvalue weighted by Gasteiger charge is -2.08. The third kappa shape index (κ3) is 2.17. The van der Waals surface area contributed by atoms with Crippen molar-refractivity contribution in [2.75, 3.05) is 0 Å². The molecule has 0 aliphatic rings. The first-order chi connectivity index (χ1) is 7.58. The van der Waals surface area contributed by atoms with Gasteiger partial charge in [0, 0.05) is 16.2 Å². The van der Waals surface area contributed by atoms with Crippen LogP contribution < -0.4 is 0 Å². The predicted molar refractivity (Wildman–Crippen MR) is 71.6 cm³/mol. The zero-order chi connectivity index (χ0) is 11.7. The molecule has 1 heterocycles. The Balaban J connectivity index is 2.59. The van der Waals surface area contributed by atoms with Gasteiger partial charge in [-0.1, -0.05) is 23.8 Å². The van der Waals surface area contributed by atoms with Gasteiger partial charge in [0.1, 0.15) is 0 Å². The van der Waals surface area contributed by atoms with Crippen LogP contribution in [0, 0.1) is 20.8 Å². The number of hydrogen-bond donors (Lipinski definition) is 0. The largest absolute Gasteiger partial charge is 0.255 e. The second kappa shape index (κ2) is 4.38. The van der Waals surface area contributed by atoms with E-state index in [-0.39, 0.29) is 0 Å². The van der Waals surface area contributed by atoms with Crippen LogP contribution in [0.25, 0.3) is 11.3 Å². The van der Waals surface area contributed by atoms with Gasteiger partial charge < -0.3 is 0 Å². The second-order valence-corrected chi connectivity index (χ2v) is 5.02. The molecule has 2 heteroatoms. The number of aromatic nitrogens is 1. The summed E-state index contributed by atoms with van der Waals surface area (Å²) in [4.78, 5) is 4.49. The van der Waals surface area contributed by atoms with Gasteiger partial charge in [-0.2, -0.15) is 0 Å². The average Bonchev–Trinajstić information content (AvgIpc) is 2.19. The maximum Gasteiger partial charge on any atom is 0.0846 e. The van der Waals surface area contributed by atoms with Crippen molar-refractivity contribution in [3.8, 4) is 11.3 Å². The van der Waals surface area contributed by atoms with Gasteiger partial charge in [-0.3, -0.25) is 4.98 Å². The number of nitrogens with zero attached hydrogens (tertiary/aromatic N) is 1. The van der Waals surface area contributed by atoms with Crippen molar-refractivity contribution in [2.24, 2.45) is 0 Å². The normalized spacial score (nSPS) is 10.5. The van der Waals surface area contributed by atoms with Gasteiger partial charge in [0.15, 0.2) is 0 Å². The lowest BCUT2D eigenvalue weighted by atomic mass is 10.0. The van der Waals surface area contributed by atoms with E-state index < -0.39 is 0 Å². The average molecular weight is 276 g/mol. The Bertz CT molecular complexity index is 483. The van der Waals surface area contributed by atoms with E-state index in [4.69, 9.17) is 0 Å². The lowest BCUT2D eigenvalue weighted by molar-refractivity contribution is 1.24. The summed E-state index contributed by atoms with van der Waals surface area (Å²) in [5, 5.41) is 0. The lowest BCUT2D eigenvalue weighted by Crippen LogP contribution is -1.90. The fourth-order valence-electron chi connectivity index (χ4n) is 1.81. The SMILES string of the molecule is Cc1ccc(-c2ncc(C)cc2Br)c(C)c1. The van der Waals surface area contributed by atoms with Gasteiger partial charge in [0.25, 0.3) is 0 Å². The third-order valence-corrected chi connectivity index (χ3v) is 3.22. The van der Waals surface area contributed by atoms with E-state index in [1.54, 1.807) is 0 Å². The van der Waals surface area contributed by atoms with Gasteiger partial charge >= 0.3 is 0 Å². The number of rotatable bonds is 1. The van der Waals surface area contributed by atoms with Gasteiger partial charge in [-0.05, 0) is 53.9 Å². The van der Waals surface area contributed by atoms with Crippen LogP contribution in [0.5, 0.6) is 0 Å². The van der Waals surface area contributed by atoms with E-state index in [0.717, 1.165) is 10.2 Å². The highest BCUT2D eigenvalue weighted by Crippen LogP contribution is 2.29. The maximum atomic E-state index is 4.49. The van der Waals surface area contributed by atoms with E-state index in [1.165, 1.54) is 22.3 Å². The molecular formula is C14H14BrN. The van der Waals surface area contributed by atoms with Gasteiger partial charge in [0.2, 0.25) is 0 Å². The smallest absolute Gasteiger partial charge is 0.0846 e. The molecule has 0 saturated heterocycles. The Morgan fingerprint density at radius 3 is 2.38 bits per heavy atom. The molecule has 2 aromatic rings. The molecule has 0 fully saturated rings. The van der Waals surface area contributed by atoms with E-state index in [2.05, 4.69) is 59.0 Å². The molecule has 2 rings (SSSR count). The van der Waals surface area contributed by atoms with Crippen molar-refractivity contribution < 1.29 is 0 Å². The van der Waals surface area contributed by atoms with Gasteiger partial charge in [-0.15, -0.1) is 0 Å². The predicted octanol–water partition coefficient (Wildman–Crippen LogP) is 4.44. The molecule has 0 spiro atoms. The van der Waals surface area contributed by atoms with Crippen molar-refractivity contribution in [3.05, 3.63) is 51.6 Å². The molecule has 0 bridgehead atoms. The summed E-state index contributed by atoms with van der Waals surface area (Å²) in [7, 11) is 0. The Morgan fingerprint density at radius 1 is 1.00 bits per heavy atom. The van der Waals surface area contributed by atoms with Gasteiger partial charge in [-0.25, -0.2) is 0 Å². The van der Waals surface area contributed by atoms with Crippen LogP contribution in [-0.4, -0.2) is 4.98 Å². The molecule has 0 atom stereocenters. The fraction of sp³-hybridized carbons (Fsp3) is 0.214. The van der Waals surface area contributed by atoms with E-state index >= 15 is 0 Å². The number of benzene rings is 1. The minimum absolute atomic E-state index is 1.02. The summed E-state index contributed by atoms with van der Waals surface area (Å²) in [6.07, 6.45) is 1.90. The molecule has 0 aliphatic heterocycles. The maximum absolute atomic E-state index is 4.49. The van der Waals surface area contributed by atoms with Crippen LogP contribution in [0.4, 0.5) is 0 Å². The van der Waals surface area contributed by atoms with Crippen LogP contribution in [-0.2, 0) is 0 Å². The number of aryl methyl sites for hydroxylation is 3. The molecule has 1 aromatic carbocycles. The van der Waals surface area contributed by atoms with Crippen LogP contribution in [0.3, 0.4) is 0 Å². The van der Waals surface area contributed by atoms with E-state index in [9.17, 15) is 0 Å². The summed E-state index contributed by atoms with van der Waals surface area (Å²) >= 11 is 3.57. The van der Waals surface area contributed by atoms with Crippen molar-refractivity contribution >= 4 is 15.9 Å². The molecule has 82 valence electrons. The Kier molecular flexibility index (Phi) is 3.10. The number of hydrogen-bond acceptors (Lipinski definition) is 1. The molecule has 0 aliphatic carbocycles. The number of halogens is 1. The zero-order valence-corrected chi connectivity index (χ0v) is 11.3. The van der Waals surface area contributed by atoms with E-state index in [1.807, 2.05) is 13.1 Å². The summed E-state index contributed by atoms with van der Waals surface area (Å²) in [5.74, 6) is 0. The minimum atomic E-state index is 1.02. The molecule has 0 radical (unpaired) electrons. The summed E-state index contributed by atoms with van der Waals surface area (Å²) < 4.78 is 1.06. The van der Waals surface area contributed by atoms with Crippen molar-refractivity contribution in [2.45, 2.75) is 20.8 Å². The molecule has 0 amide bonds. The zero-order valence-electron chi connectivity index (χ0n) is 9.71. The highest BCUT2D eigenvalue weighted by atomic mass is 79.9. The van der Waals surface area contributed by atoms with Crippen molar-refractivity contribution in [1.82, 2.24) is 4.98 Å². The topological polar surface area (TPSA) is 12.9 Å². The molecule has 0 N–H and O–H groups in total. The van der Waals surface area contributed by atoms with Gasteiger partial charge in [0.05, 0.1) is 5.69 Å². The fourth-order valence-corrected chi connectivity index (χ4v) is 2.49. The van der Waals surface area contributed by atoms with Crippen LogP contribution in [0.2, 0.25) is 0 Å². The summed E-state index contributed by atoms with van der Waals surface area (Å²) in [6.45, 7) is 6.27. The Labute approximate surface area is 105 Å². The van der Waals surface area contributed by atoms with Crippen LogP contribution >= 0.6 is 15.9 Å². The van der Waals surface area contributed by atoms with Crippen LogP contribution in [0.1, 0.15) is 16.7 Å². The first kappa shape index (κ1) is 11.3. The third-order valence-electron chi connectivity index (χ3n) is 2.61. The van der Waals surface area contributed by atoms with Crippen molar-refractivity contribution in [3.63, 3.8) is 0 Å². The molecule has 1 aromatic heterocycles. The number of pyridine rings is 1. The Morgan fingerprint density at radius 2 is 1.75 bits per heavy atom. The Hall–Kier alpha value is -1.15. The van der Waals surface area contributed by atoms with E-state index in [0.29, 0.717) is 0 Å². The standard InChI is InChI=1S/C14H14BrN/c1-9-4-5-12(11(3)6-9)14-13(15)7-10(2)8-16-14/h4-8H,1-3H3. The molecule has 0 saturated carbocycles. The monoisotopic (exact) mass is 275 g/mol. The quantitative estimate of drug-likeness (QED) is 0.750. The highest BCUT2D eigenvalue weighted by molar-refractivity contribution is 9.10. The molecule has 16 heavy (non-hydrogen) atoms. The molecule has 1 nitrogen and oxygen atoms in total. The molecule has 0 unspecified atom stereocenters. The summed E-state index contributed by atoms with van der Waals surface area (Å²) in [6, 6.07) is 8.54. The summed E-state index contributed by atoms with van der Waals surface area (Å²) in [5.41, 5.74) is 5.92. The molecular weight excluding hydrogens is 262 g/mol. The first-order valence-electron chi connectivity index (χ1n) is 5.27. The first-order valence-corrected chi connectivity index (χ1v) is 6.07. The minimum Gasteiger partial charge on any atom is -0.255 e. The van der Waals surface area contributed by atoms with Crippen molar-refractivity contribution in [1.29, 1.82) is 0 Å².